The maximum Gasteiger partial charge on any atom is 0.243 e. The molecule has 1 aliphatic heterocycles. The lowest BCUT2D eigenvalue weighted by Crippen LogP contribution is -2.45. The molecule has 1 saturated heterocycles. The Morgan fingerprint density at radius 3 is 2.67 bits per heavy atom. The van der Waals surface area contributed by atoms with Crippen LogP contribution in [0.25, 0.3) is 0 Å². The molecule has 27 heavy (non-hydrogen) atoms. The highest BCUT2D eigenvalue weighted by molar-refractivity contribution is 9.10. The van der Waals surface area contributed by atoms with Crippen LogP contribution in [-0.2, 0) is 21.4 Å². The number of hydrogen-bond acceptors (Lipinski definition) is 3. The minimum Gasteiger partial charge on any atom is -0.352 e. The Bertz CT molecular complexity index is 913. The van der Waals surface area contributed by atoms with E-state index in [9.17, 15) is 13.2 Å². The quantitative estimate of drug-likeness (QED) is 0.757. The Hall–Kier alpha value is -1.70. The van der Waals surface area contributed by atoms with E-state index < -0.39 is 10.0 Å². The van der Waals surface area contributed by atoms with Crippen molar-refractivity contribution in [1.29, 1.82) is 0 Å². The topological polar surface area (TPSA) is 66.5 Å². The zero-order valence-electron chi connectivity index (χ0n) is 15.2. The van der Waals surface area contributed by atoms with Gasteiger partial charge in [0.25, 0.3) is 0 Å². The summed E-state index contributed by atoms with van der Waals surface area (Å²) in [5.41, 5.74) is 2.18. The number of halogens is 1. The number of hydrogen-bond donors (Lipinski definition) is 1. The van der Waals surface area contributed by atoms with E-state index >= 15 is 0 Å². The molecule has 0 bridgehead atoms. The summed E-state index contributed by atoms with van der Waals surface area (Å²) in [5, 5.41) is 2.95. The molecule has 1 heterocycles. The molecule has 1 amide bonds. The van der Waals surface area contributed by atoms with Crippen LogP contribution in [0.15, 0.2) is 57.9 Å². The van der Waals surface area contributed by atoms with Crippen molar-refractivity contribution in [3.63, 3.8) is 0 Å². The zero-order valence-corrected chi connectivity index (χ0v) is 17.6. The van der Waals surface area contributed by atoms with Crippen molar-refractivity contribution in [3.8, 4) is 0 Å². The number of aryl methyl sites for hydroxylation is 1. The second kappa shape index (κ2) is 8.54. The molecular formula is C20H23BrN2O3S. The normalized spacial score (nSPS) is 18.2. The van der Waals surface area contributed by atoms with Gasteiger partial charge in [-0.15, -0.1) is 0 Å². The highest BCUT2D eigenvalue weighted by Gasteiger charge is 2.33. The molecule has 0 spiro atoms. The van der Waals surface area contributed by atoms with Crippen LogP contribution in [-0.4, -0.2) is 31.7 Å². The van der Waals surface area contributed by atoms with E-state index in [0.29, 0.717) is 25.9 Å². The molecule has 144 valence electrons. The molecule has 5 nitrogen and oxygen atoms in total. The molecule has 1 atom stereocenters. The van der Waals surface area contributed by atoms with Gasteiger partial charge >= 0.3 is 0 Å². The first kappa shape index (κ1) is 20.0. The Balaban J connectivity index is 1.64. The van der Waals surface area contributed by atoms with Crippen LogP contribution >= 0.6 is 15.9 Å². The third-order valence-corrected chi connectivity index (χ3v) is 7.16. The Labute approximate surface area is 169 Å². The predicted molar refractivity (Wildman–Crippen MR) is 109 cm³/mol. The third kappa shape index (κ3) is 4.97. The Morgan fingerprint density at radius 2 is 1.96 bits per heavy atom. The molecule has 1 aliphatic rings. The number of sulfonamides is 1. The molecular weight excluding hydrogens is 428 g/mol. The Kier molecular flexibility index (Phi) is 6.34. The van der Waals surface area contributed by atoms with E-state index in [0.717, 1.165) is 15.6 Å². The van der Waals surface area contributed by atoms with E-state index in [1.54, 1.807) is 24.3 Å². The summed E-state index contributed by atoms with van der Waals surface area (Å²) in [6.07, 6.45) is 1.38. The van der Waals surface area contributed by atoms with Gasteiger partial charge in [-0.05, 0) is 49.6 Å². The van der Waals surface area contributed by atoms with E-state index in [4.69, 9.17) is 0 Å². The Morgan fingerprint density at radius 1 is 1.22 bits per heavy atom. The van der Waals surface area contributed by atoms with Crippen LogP contribution < -0.4 is 5.32 Å². The summed E-state index contributed by atoms with van der Waals surface area (Å²) in [6.45, 7) is 3.13. The van der Waals surface area contributed by atoms with Crippen molar-refractivity contribution >= 4 is 31.9 Å². The molecule has 2 aromatic carbocycles. The van der Waals surface area contributed by atoms with Gasteiger partial charge in [-0.25, -0.2) is 8.42 Å². The zero-order chi connectivity index (χ0) is 19.4. The summed E-state index contributed by atoms with van der Waals surface area (Å²) in [4.78, 5) is 12.8. The standard InChI is InChI=1S/C20H23BrN2O3S/c1-15-4-2-5-16(12-15)13-22-20(24)17-6-3-11-23(14-17)27(25,26)19-9-7-18(21)8-10-19/h2,4-5,7-10,12,17H,3,6,11,13-14H2,1H3,(H,22,24)/t17-/m0/s1. The number of carbonyl (C=O) groups is 1. The van der Waals surface area contributed by atoms with Crippen molar-refractivity contribution in [2.24, 2.45) is 5.92 Å². The van der Waals surface area contributed by atoms with Crippen LogP contribution in [0, 0.1) is 12.8 Å². The number of carbonyl (C=O) groups excluding carboxylic acids is 1. The van der Waals surface area contributed by atoms with Gasteiger partial charge in [0.1, 0.15) is 0 Å². The largest absolute Gasteiger partial charge is 0.352 e. The van der Waals surface area contributed by atoms with E-state index in [1.165, 1.54) is 4.31 Å². The van der Waals surface area contributed by atoms with Crippen LogP contribution in [0.3, 0.4) is 0 Å². The molecule has 1 N–H and O–H groups in total. The van der Waals surface area contributed by atoms with Gasteiger partial charge in [0.15, 0.2) is 0 Å². The summed E-state index contributed by atoms with van der Waals surface area (Å²) in [5.74, 6) is -0.416. The molecule has 0 saturated carbocycles. The van der Waals surface area contributed by atoms with Crippen molar-refractivity contribution in [3.05, 3.63) is 64.1 Å². The number of benzene rings is 2. The molecule has 0 aliphatic carbocycles. The summed E-state index contributed by atoms with van der Waals surface area (Å²) in [6, 6.07) is 14.6. The van der Waals surface area contributed by atoms with E-state index in [2.05, 4.69) is 21.2 Å². The summed E-state index contributed by atoms with van der Waals surface area (Å²) >= 11 is 3.32. The first-order chi connectivity index (χ1) is 12.9. The molecule has 7 heteroatoms. The lowest BCUT2D eigenvalue weighted by Gasteiger charge is -2.31. The molecule has 0 unspecified atom stereocenters. The maximum atomic E-state index is 12.9. The number of nitrogens with zero attached hydrogens (tertiary/aromatic N) is 1. The number of nitrogens with one attached hydrogen (secondary N) is 1. The number of rotatable bonds is 5. The molecule has 0 radical (unpaired) electrons. The van der Waals surface area contributed by atoms with Crippen molar-refractivity contribution in [2.75, 3.05) is 13.1 Å². The lowest BCUT2D eigenvalue weighted by molar-refractivity contribution is -0.126. The third-order valence-electron chi connectivity index (χ3n) is 4.76. The highest BCUT2D eigenvalue weighted by Crippen LogP contribution is 2.25. The average Bonchev–Trinajstić information content (AvgIpc) is 2.66. The predicted octanol–water partition coefficient (Wildman–Crippen LogP) is 3.47. The van der Waals surface area contributed by atoms with Gasteiger partial charge in [0.05, 0.1) is 10.8 Å². The van der Waals surface area contributed by atoms with Crippen molar-refractivity contribution < 1.29 is 13.2 Å². The van der Waals surface area contributed by atoms with Crippen LogP contribution in [0.4, 0.5) is 0 Å². The van der Waals surface area contributed by atoms with Gasteiger partial charge in [0.2, 0.25) is 15.9 Å². The average molecular weight is 451 g/mol. The molecule has 0 aromatic heterocycles. The van der Waals surface area contributed by atoms with Crippen molar-refractivity contribution in [1.82, 2.24) is 9.62 Å². The molecule has 3 rings (SSSR count). The minimum atomic E-state index is -3.59. The monoisotopic (exact) mass is 450 g/mol. The summed E-state index contributed by atoms with van der Waals surface area (Å²) < 4.78 is 28.0. The minimum absolute atomic E-state index is 0.0905. The van der Waals surface area contributed by atoms with Crippen LogP contribution in [0.1, 0.15) is 24.0 Å². The first-order valence-corrected chi connectivity index (χ1v) is 11.2. The maximum absolute atomic E-state index is 12.9. The van der Waals surface area contributed by atoms with Crippen molar-refractivity contribution in [2.45, 2.75) is 31.2 Å². The second-order valence-electron chi connectivity index (χ2n) is 6.86. The van der Waals surface area contributed by atoms with Gasteiger partial charge < -0.3 is 5.32 Å². The second-order valence-corrected chi connectivity index (χ2v) is 9.72. The van der Waals surface area contributed by atoms with E-state index in [-0.39, 0.29) is 23.3 Å². The first-order valence-electron chi connectivity index (χ1n) is 8.95. The highest BCUT2D eigenvalue weighted by atomic mass is 79.9. The number of amides is 1. The molecule has 2 aromatic rings. The summed E-state index contributed by atoms with van der Waals surface area (Å²) in [7, 11) is -3.59. The fourth-order valence-corrected chi connectivity index (χ4v) is 5.07. The van der Waals surface area contributed by atoms with Gasteiger partial charge in [-0.2, -0.15) is 4.31 Å². The van der Waals surface area contributed by atoms with Crippen LogP contribution in [0.2, 0.25) is 0 Å². The van der Waals surface area contributed by atoms with E-state index in [1.807, 2.05) is 31.2 Å². The van der Waals surface area contributed by atoms with Gasteiger partial charge in [-0.3, -0.25) is 4.79 Å². The fourth-order valence-electron chi connectivity index (χ4n) is 3.29. The van der Waals surface area contributed by atoms with Gasteiger partial charge in [-0.1, -0.05) is 45.8 Å². The fraction of sp³-hybridized carbons (Fsp3) is 0.350. The number of piperidine rings is 1. The van der Waals surface area contributed by atoms with Gasteiger partial charge in [0, 0.05) is 24.1 Å². The lowest BCUT2D eigenvalue weighted by atomic mass is 9.98. The SMILES string of the molecule is Cc1cccc(CNC(=O)[C@H]2CCCN(S(=O)(=O)c3ccc(Br)cc3)C2)c1. The molecule has 1 fully saturated rings. The van der Waals surface area contributed by atoms with Crippen LogP contribution in [0.5, 0.6) is 0 Å². The smallest absolute Gasteiger partial charge is 0.243 e.